The van der Waals surface area contributed by atoms with E-state index in [0.29, 0.717) is 15.8 Å². The number of anilines is 2. The molecule has 1 amide bonds. The van der Waals surface area contributed by atoms with Crippen molar-refractivity contribution in [3.8, 4) is 0 Å². The summed E-state index contributed by atoms with van der Waals surface area (Å²) in [4.78, 5) is 24.1. The number of nitrogens with one attached hydrogen (secondary N) is 1. The van der Waals surface area contributed by atoms with Crippen molar-refractivity contribution in [3.63, 3.8) is 0 Å². The van der Waals surface area contributed by atoms with Crippen LogP contribution in [0.25, 0.3) is 0 Å². The SMILES string of the molecule is C[C@@H](OC(=O)c1cc(Br)ccc1N)C(=O)Nc1ccccc1. The van der Waals surface area contributed by atoms with Crippen LogP contribution in [0.15, 0.2) is 53.0 Å². The Balaban J connectivity index is 2.01. The van der Waals surface area contributed by atoms with Crippen molar-refractivity contribution in [1.82, 2.24) is 0 Å². The molecular weight excluding hydrogens is 348 g/mol. The molecule has 0 radical (unpaired) electrons. The second kappa shape index (κ2) is 7.09. The monoisotopic (exact) mass is 362 g/mol. The minimum atomic E-state index is -0.939. The first-order valence-corrected chi connectivity index (χ1v) is 7.38. The molecule has 0 spiro atoms. The Hall–Kier alpha value is -2.34. The summed E-state index contributed by atoms with van der Waals surface area (Å²) in [5.74, 6) is -1.05. The third kappa shape index (κ3) is 4.08. The molecular formula is C16H15BrN2O3. The average molecular weight is 363 g/mol. The van der Waals surface area contributed by atoms with Gasteiger partial charge in [0.05, 0.1) is 5.56 Å². The Bertz CT molecular complexity index is 689. The third-order valence-electron chi connectivity index (χ3n) is 2.93. The summed E-state index contributed by atoms with van der Waals surface area (Å²) in [5.41, 5.74) is 6.89. The van der Waals surface area contributed by atoms with Gasteiger partial charge in [0.1, 0.15) is 0 Å². The van der Waals surface area contributed by atoms with Gasteiger partial charge < -0.3 is 15.8 Å². The number of nitrogens with two attached hydrogens (primary N) is 1. The lowest BCUT2D eigenvalue weighted by Crippen LogP contribution is -2.30. The van der Waals surface area contributed by atoms with E-state index in [1.54, 1.807) is 42.5 Å². The van der Waals surface area contributed by atoms with Gasteiger partial charge in [0, 0.05) is 15.8 Å². The van der Waals surface area contributed by atoms with Crippen LogP contribution in [0.1, 0.15) is 17.3 Å². The topological polar surface area (TPSA) is 81.4 Å². The zero-order chi connectivity index (χ0) is 16.1. The number of carbonyl (C=O) groups is 2. The Morgan fingerprint density at radius 1 is 1.18 bits per heavy atom. The molecule has 3 N–H and O–H groups in total. The van der Waals surface area contributed by atoms with Crippen molar-refractivity contribution in [3.05, 3.63) is 58.6 Å². The summed E-state index contributed by atoms with van der Waals surface area (Å²) in [5, 5.41) is 2.67. The number of amides is 1. The van der Waals surface area contributed by atoms with Crippen molar-refractivity contribution in [1.29, 1.82) is 0 Å². The second-order valence-corrected chi connectivity index (χ2v) is 5.55. The van der Waals surface area contributed by atoms with E-state index in [-0.39, 0.29) is 5.56 Å². The summed E-state index contributed by atoms with van der Waals surface area (Å²) >= 11 is 3.26. The molecule has 0 fully saturated rings. The summed E-state index contributed by atoms with van der Waals surface area (Å²) < 4.78 is 5.86. The normalized spacial score (nSPS) is 11.5. The lowest BCUT2D eigenvalue weighted by molar-refractivity contribution is -0.123. The fourth-order valence-corrected chi connectivity index (χ4v) is 2.11. The van der Waals surface area contributed by atoms with E-state index in [1.165, 1.54) is 6.92 Å². The number of benzene rings is 2. The van der Waals surface area contributed by atoms with Crippen LogP contribution in [0.3, 0.4) is 0 Å². The van der Waals surface area contributed by atoms with E-state index in [4.69, 9.17) is 10.5 Å². The van der Waals surface area contributed by atoms with Crippen LogP contribution >= 0.6 is 15.9 Å². The highest BCUT2D eigenvalue weighted by Gasteiger charge is 2.20. The van der Waals surface area contributed by atoms with Crippen LogP contribution in [-0.2, 0) is 9.53 Å². The highest BCUT2D eigenvalue weighted by atomic mass is 79.9. The highest BCUT2D eigenvalue weighted by molar-refractivity contribution is 9.10. The molecule has 22 heavy (non-hydrogen) atoms. The first-order valence-electron chi connectivity index (χ1n) is 6.59. The van der Waals surface area contributed by atoms with Gasteiger partial charge in [-0.2, -0.15) is 0 Å². The maximum absolute atomic E-state index is 12.1. The number of carbonyl (C=O) groups excluding carboxylic acids is 2. The van der Waals surface area contributed by atoms with Crippen LogP contribution in [0.2, 0.25) is 0 Å². The zero-order valence-electron chi connectivity index (χ0n) is 11.9. The molecule has 2 aromatic rings. The molecule has 5 nitrogen and oxygen atoms in total. The van der Waals surface area contributed by atoms with Crippen LogP contribution in [0.5, 0.6) is 0 Å². The standard InChI is InChI=1S/C16H15BrN2O3/c1-10(15(20)19-12-5-3-2-4-6-12)22-16(21)13-9-11(17)7-8-14(13)18/h2-10H,18H2,1H3,(H,19,20)/t10-/m1/s1. The van der Waals surface area contributed by atoms with E-state index in [0.717, 1.165) is 0 Å². The molecule has 1 atom stereocenters. The lowest BCUT2D eigenvalue weighted by atomic mass is 10.2. The lowest BCUT2D eigenvalue weighted by Gasteiger charge is -2.14. The van der Waals surface area contributed by atoms with Gasteiger partial charge in [-0.15, -0.1) is 0 Å². The number of hydrogen-bond acceptors (Lipinski definition) is 4. The molecule has 0 saturated carbocycles. The number of esters is 1. The molecule has 0 aromatic heterocycles. The maximum atomic E-state index is 12.1. The van der Waals surface area contributed by atoms with Crippen molar-refractivity contribution in [2.24, 2.45) is 0 Å². The Kier molecular flexibility index (Phi) is 5.16. The van der Waals surface area contributed by atoms with Crippen molar-refractivity contribution < 1.29 is 14.3 Å². The third-order valence-corrected chi connectivity index (χ3v) is 3.42. The predicted molar refractivity (Wildman–Crippen MR) is 88.5 cm³/mol. The summed E-state index contributed by atoms with van der Waals surface area (Å²) in [6.45, 7) is 1.50. The molecule has 0 aliphatic heterocycles. The number of rotatable bonds is 4. The molecule has 0 saturated heterocycles. The van der Waals surface area contributed by atoms with E-state index in [2.05, 4.69) is 21.2 Å². The van der Waals surface area contributed by atoms with Gasteiger partial charge in [-0.3, -0.25) is 4.79 Å². The minimum absolute atomic E-state index is 0.216. The Morgan fingerprint density at radius 2 is 1.86 bits per heavy atom. The molecule has 2 aromatic carbocycles. The van der Waals surface area contributed by atoms with E-state index in [9.17, 15) is 9.59 Å². The molecule has 6 heteroatoms. The Morgan fingerprint density at radius 3 is 2.55 bits per heavy atom. The molecule has 0 unspecified atom stereocenters. The van der Waals surface area contributed by atoms with Gasteiger partial charge in [-0.1, -0.05) is 34.1 Å². The van der Waals surface area contributed by atoms with Crippen molar-refractivity contribution >= 4 is 39.2 Å². The van der Waals surface area contributed by atoms with Crippen molar-refractivity contribution in [2.45, 2.75) is 13.0 Å². The fraction of sp³-hybridized carbons (Fsp3) is 0.125. The fourth-order valence-electron chi connectivity index (χ4n) is 1.75. The van der Waals surface area contributed by atoms with E-state index >= 15 is 0 Å². The molecule has 0 heterocycles. The smallest absolute Gasteiger partial charge is 0.341 e. The molecule has 2 rings (SSSR count). The molecule has 0 aliphatic carbocycles. The van der Waals surface area contributed by atoms with E-state index in [1.807, 2.05) is 6.07 Å². The average Bonchev–Trinajstić information content (AvgIpc) is 2.50. The summed E-state index contributed by atoms with van der Waals surface area (Å²) in [6.07, 6.45) is -0.939. The highest BCUT2D eigenvalue weighted by Crippen LogP contribution is 2.20. The van der Waals surface area contributed by atoms with Crippen molar-refractivity contribution in [2.75, 3.05) is 11.1 Å². The quantitative estimate of drug-likeness (QED) is 0.646. The van der Waals surface area contributed by atoms with E-state index < -0.39 is 18.0 Å². The van der Waals surface area contributed by atoms with Gasteiger partial charge in [-0.05, 0) is 37.3 Å². The number of nitrogen functional groups attached to an aromatic ring is 1. The predicted octanol–water partition coefficient (Wildman–Crippen LogP) is 3.22. The van der Waals surface area contributed by atoms with Crippen LogP contribution in [0.4, 0.5) is 11.4 Å². The molecule has 0 aliphatic rings. The first-order chi connectivity index (χ1) is 10.5. The van der Waals surface area contributed by atoms with Crippen LogP contribution in [0, 0.1) is 0 Å². The van der Waals surface area contributed by atoms with Crippen LogP contribution in [-0.4, -0.2) is 18.0 Å². The summed E-state index contributed by atoms with van der Waals surface area (Å²) in [7, 11) is 0. The van der Waals surface area contributed by atoms with Gasteiger partial charge in [-0.25, -0.2) is 4.79 Å². The number of hydrogen-bond donors (Lipinski definition) is 2. The number of halogens is 1. The maximum Gasteiger partial charge on any atom is 0.341 e. The van der Waals surface area contributed by atoms with Gasteiger partial charge in [0.25, 0.3) is 5.91 Å². The first kappa shape index (κ1) is 16.0. The van der Waals surface area contributed by atoms with Gasteiger partial charge >= 0.3 is 5.97 Å². The minimum Gasteiger partial charge on any atom is -0.449 e. The van der Waals surface area contributed by atoms with Gasteiger partial charge in [0.2, 0.25) is 0 Å². The Labute approximate surface area is 136 Å². The molecule has 114 valence electrons. The largest absolute Gasteiger partial charge is 0.449 e. The summed E-state index contributed by atoms with van der Waals surface area (Å²) in [6, 6.07) is 13.8. The number of ether oxygens (including phenoxy) is 1. The van der Waals surface area contributed by atoms with Gasteiger partial charge in [0.15, 0.2) is 6.10 Å². The number of para-hydroxylation sites is 1. The van der Waals surface area contributed by atoms with Crippen LogP contribution < -0.4 is 11.1 Å². The zero-order valence-corrected chi connectivity index (χ0v) is 13.5. The molecule has 0 bridgehead atoms. The second-order valence-electron chi connectivity index (χ2n) is 4.63.